The van der Waals surface area contributed by atoms with E-state index in [9.17, 15) is 18.0 Å². The van der Waals surface area contributed by atoms with Crippen molar-refractivity contribution in [2.75, 3.05) is 24.2 Å². The number of anilines is 1. The van der Waals surface area contributed by atoms with Gasteiger partial charge in [-0.2, -0.15) is 0 Å². The Morgan fingerprint density at radius 3 is 2.06 bits per heavy atom. The van der Waals surface area contributed by atoms with Crippen molar-refractivity contribution in [2.24, 2.45) is 0 Å². The highest BCUT2D eigenvalue weighted by atomic mass is 35.5. The molecule has 0 aliphatic rings. The Labute approximate surface area is 221 Å². The van der Waals surface area contributed by atoms with Gasteiger partial charge in [0.1, 0.15) is 12.6 Å². The number of nitrogens with zero attached hydrogens (tertiary/aromatic N) is 2. The molecule has 0 heterocycles. The van der Waals surface area contributed by atoms with E-state index in [4.69, 9.17) is 23.2 Å². The predicted molar refractivity (Wildman–Crippen MR) is 144 cm³/mol. The molecule has 0 aliphatic heterocycles. The second kappa shape index (κ2) is 12.3. The van der Waals surface area contributed by atoms with Gasteiger partial charge in [-0.15, -0.1) is 0 Å². The lowest BCUT2D eigenvalue weighted by atomic mass is 10.0. The number of benzene rings is 3. The molecule has 0 saturated carbocycles. The van der Waals surface area contributed by atoms with Crippen LogP contribution in [0.5, 0.6) is 0 Å². The molecule has 3 rings (SSSR count). The lowest BCUT2D eigenvalue weighted by Gasteiger charge is -2.33. The average molecular weight is 548 g/mol. The van der Waals surface area contributed by atoms with Crippen LogP contribution in [0.4, 0.5) is 5.69 Å². The van der Waals surface area contributed by atoms with Crippen molar-refractivity contribution in [3.05, 3.63) is 100 Å². The summed E-state index contributed by atoms with van der Waals surface area (Å²) in [7, 11) is -2.43. The summed E-state index contributed by atoms with van der Waals surface area (Å²) in [5.74, 6) is -0.931. The third-order valence-electron chi connectivity index (χ3n) is 5.57. The molecule has 2 amide bonds. The SMILES string of the molecule is CNC(=O)[C@H](Cc1ccccc1)N(Cc1ccccc1)C(=O)CN(c1cc(Cl)ccc1Cl)S(C)(=O)=O. The summed E-state index contributed by atoms with van der Waals surface area (Å²) in [6.07, 6.45) is 1.23. The molecule has 190 valence electrons. The van der Waals surface area contributed by atoms with Crippen LogP contribution >= 0.6 is 23.2 Å². The number of amides is 2. The van der Waals surface area contributed by atoms with Crippen LogP contribution in [-0.2, 0) is 32.6 Å². The van der Waals surface area contributed by atoms with Gasteiger partial charge >= 0.3 is 0 Å². The fourth-order valence-corrected chi connectivity index (χ4v) is 5.06. The zero-order valence-electron chi connectivity index (χ0n) is 19.9. The van der Waals surface area contributed by atoms with Crippen molar-refractivity contribution in [3.8, 4) is 0 Å². The van der Waals surface area contributed by atoms with E-state index < -0.39 is 28.5 Å². The molecule has 7 nitrogen and oxygen atoms in total. The molecule has 0 saturated heterocycles. The largest absolute Gasteiger partial charge is 0.357 e. The Balaban J connectivity index is 2.03. The topological polar surface area (TPSA) is 86.8 Å². The van der Waals surface area contributed by atoms with E-state index in [1.165, 1.54) is 30.1 Å². The van der Waals surface area contributed by atoms with Crippen molar-refractivity contribution < 1.29 is 18.0 Å². The van der Waals surface area contributed by atoms with Gasteiger partial charge in [0, 0.05) is 25.0 Å². The maximum Gasteiger partial charge on any atom is 0.244 e. The fourth-order valence-electron chi connectivity index (χ4n) is 3.77. The maximum absolute atomic E-state index is 13.8. The minimum atomic E-state index is -3.93. The number of hydrogen-bond acceptors (Lipinski definition) is 4. The van der Waals surface area contributed by atoms with E-state index in [0.717, 1.165) is 21.7 Å². The van der Waals surface area contributed by atoms with Crippen LogP contribution in [0, 0.1) is 0 Å². The van der Waals surface area contributed by atoms with E-state index in [1.54, 1.807) is 0 Å². The maximum atomic E-state index is 13.8. The van der Waals surface area contributed by atoms with Crippen LogP contribution in [0.2, 0.25) is 10.0 Å². The van der Waals surface area contributed by atoms with E-state index >= 15 is 0 Å². The molecule has 1 atom stereocenters. The summed E-state index contributed by atoms with van der Waals surface area (Å²) in [6, 6.07) is 22.0. The summed E-state index contributed by atoms with van der Waals surface area (Å²) in [6.45, 7) is -0.459. The third-order valence-corrected chi connectivity index (χ3v) is 7.25. The van der Waals surface area contributed by atoms with E-state index in [0.29, 0.717) is 0 Å². The van der Waals surface area contributed by atoms with Gasteiger partial charge in [0.25, 0.3) is 0 Å². The Morgan fingerprint density at radius 1 is 0.917 bits per heavy atom. The number of nitrogens with one attached hydrogen (secondary N) is 1. The molecule has 3 aromatic carbocycles. The van der Waals surface area contributed by atoms with Crippen LogP contribution in [0.15, 0.2) is 78.9 Å². The van der Waals surface area contributed by atoms with Gasteiger partial charge in [-0.25, -0.2) is 8.42 Å². The number of carbonyl (C=O) groups is 2. The van der Waals surface area contributed by atoms with Gasteiger partial charge in [0.15, 0.2) is 0 Å². The van der Waals surface area contributed by atoms with Crippen LogP contribution in [-0.4, -0.2) is 51.0 Å². The molecule has 0 spiro atoms. The highest BCUT2D eigenvalue weighted by Gasteiger charge is 2.33. The zero-order chi connectivity index (χ0) is 26.3. The molecule has 0 radical (unpaired) electrons. The predicted octanol–water partition coefficient (Wildman–Crippen LogP) is 4.15. The summed E-state index contributed by atoms with van der Waals surface area (Å²) in [4.78, 5) is 28.2. The second-order valence-corrected chi connectivity index (χ2v) is 10.9. The Hall–Kier alpha value is -3.07. The molecular formula is C26H27Cl2N3O4S. The number of carbonyl (C=O) groups excluding carboxylic acids is 2. The summed E-state index contributed by atoms with van der Waals surface area (Å²) in [5, 5.41) is 3.03. The van der Waals surface area contributed by atoms with E-state index in [1.807, 2.05) is 60.7 Å². The number of likely N-dealkylation sites (N-methyl/N-ethyl adjacent to an activating group) is 1. The quantitative estimate of drug-likeness (QED) is 0.413. The summed E-state index contributed by atoms with van der Waals surface area (Å²) >= 11 is 12.4. The number of halogens is 2. The molecule has 3 aromatic rings. The van der Waals surface area contributed by atoms with Gasteiger partial charge in [0.05, 0.1) is 17.0 Å². The molecule has 0 fully saturated rings. The van der Waals surface area contributed by atoms with Gasteiger partial charge in [0.2, 0.25) is 21.8 Å². The van der Waals surface area contributed by atoms with Gasteiger partial charge in [-0.3, -0.25) is 13.9 Å². The van der Waals surface area contributed by atoms with E-state index in [-0.39, 0.29) is 34.6 Å². The zero-order valence-corrected chi connectivity index (χ0v) is 22.2. The first-order valence-electron chi connectivity index (χ1n) is 11.1. The smallest absolute Gasteiger partial charge is 0.244 e. The Morgan fingerprint density at radius 2 is 1.50 bits per heavy atom. The second-order valence-electron chi connectivity index (χ2n) is 8.19. The minimum Gasteiger partial charge on any atom is -0.357 e. The van der Waals surface area contributed by atoms with Crippen molar-refractivity contribution in [2.45, 2.75) is 19.0 Å². The van der Waals surface area contributed by atoms with Gasteiger partial charge in [-0.05, 0) is 29.3 Å². The molecule has 0 aliphatic carbocycles. The van der Waals surface area contributed by atoms with Crippen LogP contribution in [0.1, 0.15) is 11.1 Å². The first-order chi connectivity index (χ1) is 17.1. The Bertz CT molecular complexity index is 1310. The first-order valence-corrected chi connectivity index (χ1v) is 13.7. The number of rotatable bonds is 10. The highest BCUT2D eigenvalue weighted by molar-refractivity contribution is 7.92. The van der Waals surface area contributed by atoms with Crippen molar-refractivity contribution in [1.29, 1.82) is 0 Å². The number of sulfonamides is 1. The van der Waals surface area contributed by atoms with Crippen molar-refractivity contribution in [1.82, 2.24) is 10.2 Å². The lowest BCUT2D eigenvalue weighted by Crippen LogP contribution is -2.52. The van der Waals surface area contributed by atoms with Crippen LogP contribution in [0.25, 0.3) is 0 Å². The normalized spacial score (nSPS) is 12.0. The standard InChI is InChI=1S/C26H27Cl2N3O4S/c1-29-26(33)24(15-19-9-5-3-6-10-19)30(17-20-11-7-4-8-12-20)25(32)18-31(36(2,34)35)23-16-21(27)13-14-22(23)28/h3-14,16,24H,15,17-18H2,1-2H3,(H,29,33)/t24-/m0/s1. The average Bonchev–Trinajstić information content (AvgIpc) is 2.86. The van der Waals surface area contributed by atoms with Crippen molar-refractivity contribution in [3.63, 3.8) is 0 Å². The summed E-state index contributed by atoms with van der Waals surface area (Å²) in [5.41, 5.74) is 1.73. The lowest BCUT2D eigenvalue weighted by molar-refractivity contribution is -0.139. The Kier molecular flexibility index (Phi) is 9.37. The van der Waals surface area contributed by atoms with Crippen molar-refractivity contribution >= 4 is 50.7 Å². The minimum absolute atomic E-state index is 0.0826. The number of hydrogen-bond donors (Lipinski definition) is 1. The molecule has 0 unspecified atom stereocenters. The molecule has 1 N–H and O–H groups in total. The molecule has 0 aromatic heterocycles. The molecule has 10 heteroatoms. The monoisotopic (exact) mass is 547 g/mol. The molecule has 36 heavy (non-hydrogen) atoms. The van der Waals surface area contributed by atoms with E-state index in [2.05, 4.69) is 5.32 Å². The van der Waals surface area contributed by atoms with Gasteiger partial charge < -0.3 is 10.2 Å². The summed E-state index contributed by atoms with van der Waals surface area (Å²) < 4.78 is 26.4. The molecule has 0 bridgehead atoms. The third kappa shape index (κ3) is 7.22. The molecular weight excluding hydrogens is 521 g/mol. The van der Waals surface area contributed by atoms with Gasteiger partial charge in [-0.1, -0.05) is 83.9 Å². The first kappa shape index (κ1) is 27.5. The van der Waals surface area contributed by atoms with Crippen LogP contribution < -0.4 is 9.62 Å². The fraction of sp³-hybridized carbons (Fsp3) is 0.231. The van der Waals surface area contributed by atoms with Crippen LogP contribution in [0.3, 0.4) is 0 Å². The highest BCUT2D eigenvalue weighted by Crippen LogP contribution is 2.31.